The summed E-state index contributed by atoms with van der Waals surface area (Å²) in [5.41, 5.74) is 0.878. The summed E-state index contributed by atoms with van der Waals surface area (Å²) in [6.07, 6.45) is 0.772. The first-order valence-corrected chi connectivity index (χ1v) is 6.48. The molecule has 3 nitrogen and oxygen atoms in total. The largest absolute Gasteiger partial charge is 0.366 e. The van der Waals surface area contributed by atoms with Crippen molar-refractivity contribution in [3.05, 3.63) is 52.1 Å². The van der Waals surface area contributed by atoms with Gasteiger partial charge in [-0.15, -0.1) is 0 Å². The van der Waals surface area contributed by atoms with Gasteiger partial charge in [-0.1, -0.05) is 19.1 Å². The zero-order valence-corrected chi connectivity index (χ0v) is 11.5. The fourth-order valence-corrected chi connectivity index (χ4v) is 1.97. The van der Waals surface area contributed by atoms with E-state index in [2.05, 4.69) is 31.2 Å². The molecule has 0 fully saturated rings. The van der Waals surface area contributed by atoms with Gasteiger partial charge < -0.3 is 5.32 Å². The molecule has 0 amide bonds. The van der Waals surface area contributed by atoms with Crippen LogP contribution in [0.2, 0.25) is 0 Å². The van der Waals surface area contributed by atoms with Crippen molar-refractivity contribution in [3.63, 3.8) is 0 Å². The number of anilines is 1. The highest BCUT2D eigenvalue weighted by Gasteiger charge is 2.02. The number of hydrogen-bond donors (Lipinski definition) is 1. The van der Waals surface area contributed by atoms with Crippen molar-refractivity contribution in [2.45, 2.75) is 19.9 Å². The second-order valence-corrected chi connectivity index (χ2v) is 4.64. The van der Waals surface area contributed by atoms with E-state index in [0.29, 0.717) is 6.54 Å². The van der Waals surface area contributed by atoms with Crippen LogP contribution in [0.25, 0.3) is 0 Å². The number of aromatic nitrogens is 2. The zero-order valence-electron chi connectivity index (χ0n) is 9.95. The maximum absolute atomic E-state index is 13.0. The van der Waals surface area contributed by atoms with Crippen molar-refractivity contribution < 1.29 is 4.39 Å². The van der Waals surface area contributed by atoms with Crippen LogP contribution in [0, 0.1) is 5.82 Å². The number of nitrogens with zero attached hydrogens (tertiary/aromatic N) is 2. The molecule has 0 bridgehead atoms. The van der Waals surface area contributed by atoms with Gasteiger partial charge in [-0.25, -0.2) is 14.4 Å². The molecule has 0 atom stereocenters. The van der Waals surface area contributed by atoms with Gasteiger partial charge in [0.15, 0.2) is 0 Å². The third kappa shape index (κ3) is 3.50. The molecule has 2 rings (SSSR count). The van der Waals surface area contributed by atoms with Crippen LogP contribution < -0.4 is 5.32 Å². The molecule has 1 aromatic carbocycles. The van der Waals surface area contributed by atoms with Gasteiger partial charge in [-0.05, 0) is 33.6 Å². The summed E-state index contributed by atoms with van der Waals surface area (Å²) in [5.74, 6) is 1.27. The molecule has 0 spiro atoms. The molecule has 1 N–H and O–H groups in total. The summed E-state index contributed by atoms with van der Waals surface area (Å²) in [6, 6.07) is 8.30. The molecule has 0 aliphatic rings. The lowest BCUT2D eigenvalue weighted by molar-refractivity contribution is 0.626. The standard InChI is InChI=1S/C13H13BrFN3/c1-2-12-17-11(14)7-13(18-12)16-8-9-4-3-5-10(15)6-9/h3-7H,2,8H2,1H3,(H,16,17,18). The summed E-state index contributed by atoms with van der Waals surface area (Å²) < 4.78 is 13.8. The molecule has 0 aliphatic heterocycles. The Hall–Kier alpha value is -1.49. The SMILES string of the molecule is CCc1nc(Br)cc(NCc2cccc(F)c2)n1. The topological polar surface area (TPSA) is 37.8 Å². The first-order valence-electron chi connectivity index (χ1n) is 5.69. The minimum atomic E-state index is -0.229. The van der Waals surface area contributed by atoms with E-state index in [1.807, 2.05) is 13.0 Å². The molecule has 1 aromatic heterocycles. The van der Waals surface area contributed by atoms with Gasteiger partial charge in [0.2, 0.25) is 0 Å². The van der Waals surface area contributed by atoms with E-state index < -0.39 is 0 Å². The fourth-order valence-electron chi connectivity index (χ4n) is 1.55. The predicted octanol–water partition coefficient (Wildman–Crippen LogP) is 3.55. The molecule has 94 valence electrons. The number of rotatable bonds is 4. The minimum absolute atomic E-state index is 0.229. The van der Waals surface area contributed by atoms with Gasteiger partial charge in [0.05, 0.1) is 0 Å². The minimum Gasteiger partial charge on any atom is -0.366 e. The van der Waals surface area contributed by atoms with E-state index >= 15 is 0 Å². The molecule has 18 heavy (non-hydrogen) atoms. The summed E-state index contributed by atoms with van der Waals surface area (Å²) in [4.78, 5) is 8.57. The molecule has 0 unspecified atom stereocenters. The van der Waals surface area contributed by atoms with Crippen LogP contribution in [-0.2, 0) is 13.0 Å². The average Bonchev–Trinajstić information content (AvgIpc) is 2.36. The van der Waals surface area contributed by atoms with E-state index in [4.69, 9.17) is 0 Å². The van der Waals surface area contributed by atoms with Gasteiger partial charge in [0.1, 0.15) is 22.1 Å². The average molecular weight is 310 g/mol. The Morgan fingerprint density at radius 1 is 1.28 bits per heavy atom. The summed E-state index contributed by atoms with van der Waals surface area (Å²) >= 11 is 3.34. The van der Waals surface area contributed by atoms with E-state index in [0.717, 1.165) is 28.2 Å². The van der Waals surface area contributed by atoms with Crippen molar-refractivity contribution in [1.82, 2.24) is 9.97 Å². The second kappa shape index (κ2) is 5.91. The maximum Gasteiger partial charge on any atom is 0.131 e. The summed E-state index contributed by atoms with van der Waals surface area (Å²) in [6.45, 7) is 2.53. The highest BCUT2D eigenvalue weighted by atomic mass is 79.9. The Morgan fingerprint density at radius 3 is 2.83 bits per heavy atom. The second-order valence-electron chi connectivity index (χ2n) is 3.83. The van der Waals surface area contributed by atoms with Crippen molar-refractivity contribution in [2.24, 2.45) is 0 Å². The van der Waals surface area contributed by atoms with Crippen molar-refractivity contribution in [1.29, 1.82) is 0 Å². The van der Waals surface area contributed by atoms with Crippen LogP contribution in [0.5, 0.6) is 0 Å². The number of aryl methyl sites for hydroxylation is 1. The highest BCUT2D eigenvalue weighted by Crippen LogP contribution is 2.14. The quantitative estimate of drug-likeness (QED) is 0.878. The third-order valence-electron chi connectivity index (χ3n) is 2.42. The molecule has 0 aliphatic carbocycles. The first kappa shape index (κ1) is 13.0. The van der Waals surface area contributed by atoms with Gasteiger partial charge in [0.25, 0.3) is 0 Å². The Labute approximate surface area is 114 Å². The van der Waals surface area contributed by atoms with Crippen LogP contribution in [0.1, 0.15) is 18.3 Å². The number of halogens is 2. The molecule has 1 heterocycles. The molecule has 0 saturated heterocycles. The fraction of sp³-hybridized carbons (Fsp3) is 0.231. The van der Waals surface area contributed by atoms with Gasteiger partial charge in [0, 0.05) is 19.0 Å². The Kier molecular flexibility index (Phi) is 4.25. The molecule has 2 aromatic rings. The van der Waals surface area contributed by atoms with Crippen molar-refractivity contribution in [3.8, 4) is 0 Å². The molecule has 5 heteroatoms. The monoisotopic (exact) mass is 309 g/mol. The summed E-state index contributed by atoms with van der Waals surface area (Å²) in [7, 11) is 0. The van der Waals surface area contributed by atoms with E-state index in [1.54, 1.807) is 12.1 Å². The maximum atomic E-state index is 13.0. The predicted molar refractivity (Wildman–Crippen MR) is 72.8 cm³/mol. The molecular formula is C13H13BrFN3. The number of hydrogen-bond acceptors (Lipinski definition) is 3. The lowest BCUT2D eigenvalue weighted by Crippen LogP contribution is -2.04. The zero-order chi connectivity index (χ0) is 13.0. The van der Waals surface area contributed by atoms with Crippen molar-refractivity contribution >= 4 is 21.7 Å². The third-order valence-corrected chi connectivity index (χ3v) is 2.83. The molecular weight excluding hydrogens is 297 g/mol. The Morgan fingerprint density at radius 2 is 2.11 bits per heavy atom. The van der Waals surface area contributed by atoms with Crippen LogP contribution in [-0.4, -0.2) is 9.97 Å². The first-order chi connectivity index (χ1) is 8.67. The highest BCUT2D eigenvalue weighted by molar-refractivity contribution is 9.10. The van der Waals surface area contributed by atoms with Crippen LogP contribution >= 0.6 is 15.9 Å². The van der Waals surface area contributed by atoms with Crippen LogP contribution in [0.15, 0.2) is 34.9 Å². The van der Waals surface area contributed by atoms with Gasteiger partial charge >= 0.3 is 0 Å². The van der Waals surface area contributed by atoms with Crippen molar-refractivity contribution in [2.75, 3.05) is 5.32 Å². The van der Waals surface area contributed by atoms with E-state index in [-0.39, 0.29) is 5.82 Å². The van der Waals surface area contributed by atoms with Gasteiger partial charge in [-0.3, -0.25) is 0 Å². The van der Waals surface area contributed by atoms with Gasteiger partial charge in [-0.2, -0.15) is 0 Å². The lowest BCUT2D eigenvalue weighted by Gasteiger charge is -2.07. The summed E-state index contributed by atoms with van der Waals surface area (Å²) in [5, 5.41) is 3.16. The smallest absolute Gasteiger partial charge is 0.131 e. The van der Waals surface area contributed by atoms with E-state index in [1.165, 1.54) is 12.1 Å². The Bertz CT molecular complexity index is 546. The number of nitrogens with one attached hydrogen (secondary N) is 1. The Balaban J connectivity index is 2.08. The normalized spacial score (nSPS) is 10.4. The molecule has 0 radical (unpaired) electrons. The van der Waals surface area contributed by atoms with Crippen LogP contribution in [0.3, 0.4) is 0 Å². The van der Waals surface area contributed by atoms with Crippen LogP contribution in [0.4, 0.5) is 10.2 Å². The van der Waals surface area contributed by atoms with E-state index in [9.17, 15) is 4.39 Å². The molecule has 0 saturated carbocycles. The lowest BCUT2D eigenvalue weighted by atomic mass is 10.2. The number of benzene rings is 1.